The quantitative estimate of drug-likeness (QED) is 0.721. The Morgan fingerprint density at radius 2 is 2.07 bits per heavy atom. The van der Waals surface area contributed by atoms with Gasteiger partial charge in [-0.05, 0) is 25.0 Å². The Morgan fingerprint density at radius 1 is 1.29 bits per heavy atom. The standard InChI is InChI=1S/C11H13N3/c1-3-10-8-14(13-12-10)11-7-5-4-6-9(11)2/h4-8H,3H2,1-2H3. The molecule has 2 rings (SSSR count). The maximum absolute atomic E-state index is 4.08. The molecule has 0 saturated heterocycles. The Balaban J connectivity index is 2.44. The lowest BCUT2D eigenvalue weighted by Gasteiger charge is -2.02. The van der Waals surface area contributed by atoms with Crippen molar-refractivity contribution in [1.29, 1.82) is 0 Å². The minimum absolute atomic E-state index is 0.923. The van der Waals surface area contributed by atoms with E-state index in [0.717, 1.165) is 17.8 Å². The highest BCUT2D eigenvalue weighted by Crippen LogP contribution is 2.11. The van der Waals surface area contributed by atoms with E-state index in [9.17, 15) is 0 Å². The highest BCUT2D eigenvalue weighted by atomic mass is 15.4. The molecule has 1 aromatic carbocycles. The zero-order valence-electron chi connectivity index (χ0n) is 8.44. The number of hydrogen-bond donors (Lipinski definition) is 0. The summed E-state index contributed by atoms with van der Waals surface area (Å²) in [5.74, 6) is 0. The Hall–Kier alpha value is -1.64. The lowest BCUT2D eigenvalue weighted by Crippen LogP contribution is -1.97. The van der Waals surface area contributed by atoms with Crippen molar-refractivity contribution in [2.24, 2.45) is 0 Å². The molecule has 0 spiro atoms. The van der Waals surface area contributed by atoms with Gasteiger partial charge in [-0.1, -0.05) is 30.3 Å². The number of aryl methyl sites for hydroxylation is 2. The summed E-state index contributed by atoms with van der Waals surface area (Å²) < 4.78 is 1.83. The fourth-order valence-electron chi connectivity index (χ4n) is 1.40. The van der Waals surface area contributed by atoms with Crippen molar-refractivity contribution in [1.82, 2.24) is 15.0 Å². The van der Waals surface area contributed by atoms with Gasteiger partial charge in [0.25, 0.3) is 0 Å². The first-order valence-corrected chi connectivity index (χ1v) is 4.78. The van der Waals surface area contributed by atoms with Crippen LogP contribution in [0.4, 0.5) is 0 Å². The predicted molar refractivity (Wildman–Crippen MR) is 55.5 cm³/mol. The predicted octanol–water partition coefficient (Wildman–Crippen LogP) is 2.14. The summed E-state index contributed by atoms with van der Waals surface area (Å²) in [5.41, 5.74) is 3.33. The highest BCUT2D eigenvalue weighted by molar-refractivity contribution is 5.38. The van der Waals surface area contributed by atoms with Crippen LogP contribution in [-0.4, -0.2) is 15.0 Å². The monoisotopic (exact) mass is 187 g/mol. The van der Waals surface area contributed by atoms with Gasteiger partial charge in [-0.25, -0.2) is 4.68 Å². The van der Waals surface area contributed by atoms with Crippen molar-refractivity contribution in [3.05, 3.63) is 41.7 Å². The molecule has 0 aliphatic heterocycles. The number of benzene rings is 1. The minimum Gasteiger partial charge on any atom is -0.220 e. The Kier molecular flexibility index (Phi) is 2.31. The molecule has 2 aromatic rings. The average Bonchev–Trinajstić information content (AvgIpc) is 2.67. The fourth-order valence-corrected chi connectivity index (χ4v) is 1.40. The van der Waals surface area contributed by atoms with Crippen LogP contribution >= 0.6 is 0 Å². The molecule has 0 saturated carbocycles. The van der Waals surface area contributed by atoms with E-state index >= 15 is 0 Å². The third-order valence-electron chi connectivity index (χ3n) is 2.27. The van der Waals surface area contributed by atoms with Crippen molar-refractivity contribution in [2.45, 2.75) is 20.3 Å². The Morgan fingerprint density at radius 3 is 2.71 bits per heavy atom. The fraction of sp³-hybridized carbons (Fsp3) is 0.273. The Bertz CT molecular complexity index is 432. The van der Waals surface area contributed by atoms with Crippen LogP contribution in [0.1, 0.15) is 18.2 Å². The van der Waals surface area contributed by atoms with E-state index in [-0.39, 0.29) is 0 Å². The van der Waals surface area contributed by atoms with Crippen molar-refractivity contribution >= 4 is 0 Å². The number of aromatic nitrogens is 3. The van der Waals surface area contributed by atoms with Crippen LogP contribution in [0, 0.1) is 6.92 Å². The molecule has 0 radical (unpaired) electrons. The molecule has 0 aliphatic rings. The molecule has 0 N–H and O–H groups in total. The summed E-state index contributed by atoms with van der Waals surface area (Å²) in [6.07, 6.45) is 2.90. The van der Waals surface area contributed by atoms with Gasteiger partial charge >= 0.3 is 0 Å². The molecule has 3 nitrogen and oxygen atoms in total. The largest absolute Gasteiger partial charge is 0.220 e. The summed E-state index contributed by atoms with van der Waals surface area (Å²) >= 11 is 0. The number of nitrogens with zero attached hydrogens (tertiary/aromatic N) is 3. The van der Waals surface area contributed by atoms with E-state index in [4.69, 9.17) is 0 Å². The highest BCUT2D eigenvalue weighted by Gasteiger charge is 2.02. The van der Waals surface area contributed by atoms with Crippen LogP contribution in [0.2, 0.25) is 0 Å². The SMILES string of the molecule is CCc1cn(-c2ccccc2C)nn1. The zero-order chi connectivity index (χ0) is 9.97. The smallest absolute Gasteiger partial charge is 0.0829 e. The second kappa shape index (κ2) is 3.62. The maximum Gasteiger partial charge on any atom is 0.0829 e. The molecule has 0 unspecified atom stereocenters. The van der Waals surface area contributed by atoms with Crippen LogP contribution < -0.4 is 0 Å². The number of hydrogen-bond acceptors (Lipinski definition) is 2. The van der Waals surface area contributed by atoms with E-state index in [1.165, 1.54) is 5.56 Å². The van der Waals surface area contributed by atoms with Gasteiger partial charge in [-0.2, -0.15) is 0 Å². The molecule has 0 bridgehead atoms. The Labute approximate surface area is 83.4 Å². The van der Waals surface area contributed by atoms with Gasteiger partial charge in [0.15, 0.2) is 0 Å². The molecule has 14 heavy (non-hydrogen) atoms. The van der Waals surface area contributed by atoms with E-state index in [2.05, 4.69) is 30.2 Å². The van der Waals surface area contributed by atoms with Crippen LogP contribution in [0.15, 0.2) is 30.5 Å². The summed E-state index contributed by atoms with van der Waals surface area (Å²) in [7, 11) is 0. The normalized spacial score (nSPS) is 10.4. The summed E-state index contributed by atoms with van der Waals surface area (Å²) in [4.78, 5) is 0. The van der Waals surface area contributed by atoms with Crippen molar-refractivity contribution in [2.75, 3.05) is 0 Å². The van der Waals surface area contributed by atoms with Crippen LogP contribution in [-0.2, 0) is 6.42 Å². The summed E-state index contributed by atoms with van der Waals surface area (Å²) in [5, 5.41) is 8.15. The third-order valence-corrected chi connectivity index (χ3v) is 2.27. The lowest BCUT2D eigenvalue weighted by atomic mass is 10.2. The molecule has 3 heteroatoms. The van der Waals surface area contributed by atoms with Gasteiger partial charge in [0.2, 0.25) is 0 Å². The lowest BCUT2D eigenvalue weighted by molar-refractivity contribution is 0.793. The molecule has 0 amide bonds. The molecular formula is C11H13N3. The third kappa shape index (κ3) is 1.53. The molecule has 1 aromatic heterocycles. The first kappa shape index (κ1) is 8.94. The second-order valence-electron chi connectivity index (χ2n) is 3.29. The van der Waals surface area contributed by atoms with E-state index in [0.29, 0.717) is 0 Å². The van der Waals surface area contributed by atoms with Gasteiger partial charge in [-0.3, -0.25) is 0 Å². The van der Waals surface area contributed by atoms with Crippen LogP contribution in [0.25, 0.3) is 5.69 Å². The average molecular weight is 187 g/mol. The number of para-hydroxylation sites is 1. The van der Waals surface area contributed by atoms with Crippen LogP contribution in [0.5, 0.6) is 0 Å². The first-order chi connectivity index (χ1) is 6.81. The van der Waals surface area contributed by atoms with E-state index < -0.39 is 0 Å². The van der Waals surface area contributed by atoms with E-state index in [1.807, 2.05) is 29.1 Å². The first-order valence-electron chi connectivity index (χ1n) is 4.78. The minimum atomic E-state index is 0.923. The molecular weight excluding hydrogens is 174 g/mol. The molecule has 72 valence electrons. The van der Waals surface area contributed by atoms with Crippen molar-refractivity contribution in [3.63, 3.8) is 0 Å². The molecule has 1 heterocycles. The second-order valence-corrected chi connectivity index (χ2v) is 3.29. The molecule has 0 fully saturated rings. The maximum atomic E-state index is 4.08. The van der Waals surface area contributed by atoms with Crippen LogP contribution in [0.3, 0.4) is 0 Å². The summed E-state index contributed by atoms with van der Waals surface area (Å²) in [6, 6.07) is 8.15. The molecule has 0 atom stereocenters. The van der Waals surface area contributed by atoms with Gasteiger partial charge < -0.3 is 0 Å². The topological polar surface area (TPSA) is 30.7 Å². The zero-order valence-corrected chi connectivity index (χ0v) is 8.44. The van der Waals surface area contributed by atoms with Crippen molar-refractivity contribution < 1.29 is 0 Å². The molecule has 0 aliphatic carbocycles. The van der Waals surface area contributed by atoms with Crippen molar-refractivity contribution in [3.8, 4) is 5.69 Å². The summed E-state index contributed by atoms with van der Waals surface area (Å²) in [6.45, 7) is 4.15. The van der Waals surface area contributed by atoms with Gasteiger partial charge in [0.1, 0.15) is 0 Å². The number of rotatable bonds is 2. The van der Waals surface area contributed by atoms with Gasteiger partial charge in [0, 0.05) is 0 Å². The van der Waals surface area contributed by atoms with E-state index in [1.54, 1.807) is 0 Å². The van der Waals surface area contributed by atoms with Gasteiger partial charge in [0.05, 0.1) is 17.6 Å². The van der Waals surface area contributed by atoms with Gasteiger partial charge in [-0.15, -0.1) is 5.10 Å².